The number of hydrogen-bond acceptors (Lipinski definition) is 10. The van der Waals surface area contributed by atoms with Crippen LogP contribution >= 0.6 is 22.9 Å². The van der Waals surface area contributed by atoms with Gasteiger partial charge in [0.25, 0.3) is 5.56 Å². The number of carbonyl (C=O) groups is 2. The number of hydrogen-bond donors (Lipinski definition) is 0. The fraction of sp³-hybridized carbons (Fsp3) is 0.310. The molecule has 0 spiro atoms. The molecular weight excluding hydrogens is 572 g/mol. The van der Waals surface area contributed by atoms with Crippen molar-refractivity contribution in [1.29, 1.82) is 0 Å². The molecule has 0 bridgehead atoms. The summed E-state index contributed by atoms with van der Waals surface area (Å²) in [6.07, 6.45) is 3.02. The summed E-state index contributed by atoms with van der Waals surface area (Å²) >= 11 is 7.37. The number of thiazole rings is 1. The number of halogens is 1. The summed E-state index contributed by atoms with van der Waals surface area (Å²) in [5, 5.41) is 0.413. The summed E-state index contributed by atoms with van der Waals surface area (Å²) in [6.45, 7) is 6.18. The predicted octanol–water partition coefficient (Wildman–Crippen LogP) is 3.41. The Bertz CT molecular complexity index is 1660. The van der Waals surface area contributed by atoms with Crippen molar-refractivity contribution in [2.75, 3.05) is 33.5 Å². The third-order valence-corrected chi connectivity index (χ3v) is 7.15. The zero-order valence-electron chi connectivity index (χ0n) is 23.0. The highest BCUT2D eigenvalue weighted by molar-refractivity contribution is 7.07. The third kappa shape index (κ3) is 6.63. The number of benzene rings is 2. The number of fused-ring (bicyclic) bond motifs is 1. The second kappa shape index (κ2) is 13.5. The summed E-state index contributed by atoms with van der Waals surface area (Å²) < 4.78 is 28.8. The van der Waals surface area contributed by atoms with Gasteiger partial charge in [0.15, 0.2) is 22.9 Å². The average Bonchev–Trinajstić information content (AvgIpc) is 3.27. The van der Waals surface area contributed by atoms with E-state index >= 15 is 0 Å². The van der Waals surface area contributed by atoms with Crippen molar-refractivity contribution in [2.24, 2.45) is 4.99 Å². The van der Waals surface area contributed by atoms with Crippen molar-refractivity contribution in [3.63, 3.8) is 0 Å². The molecule has 10 nitrogen and oxygen atoms in total. The summed E-state index contributed by atoms with van der Waals surface area (Å²) in [4.78, 5) is 43.3. The first kappa shape index (κ1) is 29.9. The van der Waals surface area contributed by atoms with Crippen LogP contribution in [0.1, 0.15) is 37.9 Å². The van der Waals surface area contributed by atoms with E-state index in [2.05, 4.69) is 4.99 Å². The van der Waals surface area contributed by atoms with Crippen molar-refractivity contribution in [2.45, 2.75) is 26.8 Å². The minimum Gasteiger partial charge on any atom is -0.490 e. The molecule has 1 atom stereocenters. The van der Waals surface area contributed by atoms with E-state index in [0.29, 0.717) is 55.9 Å². The Hall–Kier alpha value is -4.09. The van der Waals surface area contributed by atoms with Crippen molar-refractivity contribution in [1.82, 2.24) is 4.57 Å². The normalized spacial score (nSPS) is 14.4. The summed E-state index contributed by atoms with van der Waals surface area (Å²) in [7, 11) is 1.27. The first-order valence-electron chi connectivity index (χ1n) is 12.9. The maximum Gasteiger partial charge on any atom is 0.344 e. The number of ether oxygens (including phenoxy) is 5. The second-order valence-electron chi connectivity index (χ2n) is 8.52. The van der Waals surface area contributed by atoms with Gasteiger partial charge >= 0.3 is 11.9 Å². The van der Waals surface area contributed by atoms with Gasteiger partial charge in [-0.15, -0.1) is 0 Å². The summed E-state index contributed by atoms with van der Waals surface area (Å²) in [5.41, 5.74) is 0.878. The van der Waals surface area contributed by atoms with E-state index in [0.717, 1.165) is 11.3 Å². The lowest BCUT2D eigenvalue weighted by atomic mass is 9.97. The highest BCUT2D eigenvalue weighted by Crippen LogP contribution is 2.35. The standard InChI is InChI=1S/C29H29ClN2O8S/c1-5-37-22-10-8-17(13-23(22)38-6-2)26-20(28(35)36-4)15-31-29-32(26)27(34)24(41-29)14-18-12-19(30)9-11-21(18)40-16-25(33)39-7-3/h8-15,26H,5-7,16H2,1-4H3/b24-14+/t26-/m1/s1. The number of methoxy groups -OCH3 is 1. The number of rotatable bonds is 11. The number of carbonyl (C=O) groups excluding carboxylic acids is 2. The molecule has 0 radical (unpaired) electrons. The largest absolute Gasteiger partial charge is 0.490 e. The van der Waals surface area contributed by atoms with Crippen LogP contribution in [0.15, 0.2) is 58.0 Å². The van der Waals surface area contributed by atoms with Crippen LogP contribution in [0.2, 0.25) is 5.02 Å². The molecule has 1 aromatic heterocycles. The van der Waals surface area contributed by atoms with Gasteiger partial charge in [-0.3, -0.25) is 9.36 Å². The molecule has 1 aliphatic rings. The first-order chi connectivity index (χ1) is 19.8. The summed E-state index contributed by atoms with van der Waals surface area (Å²) in [6, 6.07) is 9.27. The lowest BCUT2D eigenvalue weighted by molar-refractivity contribution is -0.145. The number of aromatic nitrogens is 1. The van der Waals surface area contributed by atoms with Gasteiger partial charge in [0.05, 0.1) is 43.1 Å². The Morgan fingerprint density at radius 1 is 1.00 bits per heavy atom. The monoisotopic (exact) mass is 600 g/mol. The quantitative estimate of drug-likeness (QED) is 0.308. The van der Waals surface area contributed by atoms with E-state index in [9.17, 15) is 14.4 Å². The molecule has 0 amide bonds. The van der Waals surface area contributed by atoms with Crippen LogP contribution in [0.25, 0.3) is 6.08 Å². The molecule has 0 N–H and O–H groups in total. The molecule has 4 rings (SSSR count). The van der Waals surface area contributed by atoms with Crippen LogP contribution < -0.4 is 29.1 Å². The van der Waals surface area contributed by atoms with Crippen molar-refractivity contribution < 1.29 is 33.3 Å². The molecule has 2 aromatic carbocycles. The topological polar surface area (TPSA) is 115 Å². The van der Waals surface area contributed by atoms with Gasteiger partial charge in [-0.1, -0.05) is 29.0 Å². The zero-order chi connectivity index (χ0) is 29.5. The Morgan fingerprint density at radius 3 is 2.44 bits per heavy atom. The molecule has 2 heterocycles. The minimum absolute atomic E-state index is 0.180. The van der Waals surface area contributed by atoms with Gasteiger partial charge < -0.3 is 23.7 Å². The van der Waals surface area contributed by atoms with Crippen LogP contribution in [-0.2, 0) is 19.1 Å². The van der Waals surface area contributed by atoms with E-state index in [1.54, 1.807) is 49.4 Å². The lowest BCUT2D eigenvalue weighted by Gasteiger charge is -2.23. The molecule has 216 valence electrons. The maximum atomic E-state index is 13.9. The zero-order valence-corrected chi connectivity index (χ0v) is 24.5. The van der Waals surface area contributed by atoms with Gasteiger partial charge in [-0.2, -0.15) is 0 Å². The van der Waals surface area contributed by atoms with E-state index < -0.39 is 23.5 Å². The molecular formula is C29H29ClN2O8S. The molecule has 0 aliphatic carbocycles. The average molecular weight is 601 g/mol. The van der Waals surface area contributed by atoms with Gasteiger partial charge in [0, 0.05) is 16.8 Å². The third-order valence-electron chi connectivity index (χ3n) is 5.92. The molecule has 0 saturated carbocycles. The van der Waals surface area contributed by atoms with E-state index in [1.807, 2.05) is 13.8 Å². The van der Waals surface area contributed by atoms with E-state index in [4.69, 9.17) is 35.3 Å². The Labute approximate surface area is 245 Å². The van der Waals surface area contributed by atoms with Gasteiger partial charge in [0.1, 0.15) is 5.75 Å². The minimum atomic E-state index is -0.838. The van der Waals surface area contributed by atoms with Crippen LogP contribution in [0.4, 0.5) is 0 Å². The first-order valence-corrected chi connectivity index (χ1v) is 14.1. The Balaban J connectivity index is 1.85. The van der Waals surface area contributed by atoms with E-state index in [1.165, 1.54) is 17.9 Å². The smallest absolute Gasteiger partial charge is 0.344 e. The molecule has 12 heteroatoms. The van der Waals surface area contributed by atoms with Gasteiger partial charge in [0.2, 0.25) is 0 Å². The molecule has 1 aliphatic heterocycles. The lowest BCUT2D eigenvalue weighted by Crippen LogP contribution is -2.39. The predicted molar refractivity (Wildman–Crippen MR) is 154 cm³/mol. The molecule has 3 aromatic rings. The molecule has 41 heavy (non-hydrogen) atoms. The Kier molecular flexibility index (Phi) is 9.85. The van der Waals surface area contributed by atoms with Crippen LogP contribution in [0, 0.1) is 0 Å². The van der Waals surface area contributed by atoms with Crippen LogP contribution in [-0.4, -0.2) is 50.0 Å². The molecule has 0 unspecified atom stereocenters. The summed E-state index contributed by atoms with van der Waals surface area (Å²) in [5.74, 6) is 0.227. The van der Waals surface area contributed by atoms with Crippen LogP contribution in [0.5, 0.6) is 17.2 Å². The van der Waals surface area contributed by atoms with Crippen molar-refractivity contribution in [3.8, 4) is 17.2 Å². The number of esters is 2. The second-order valence-corrected chi connectivity index (χ2v) is 9.97. The highest BCUT2D eigenvalue weighted by atomic mass is 35.5. The fourth-order valence-corrected chi connectivity index (χ4v) is 5.37. The van der Waals surface area contributed by atoms with E-state index in [-0.39, 0.29) is 18.8 Å². The fourth-order valence-electron chi connectivity index (χ4n) is 4.23. The SMILES string of the molecule is CCOC(=O)COc1ccc(Cl)cc1/C=c1/sc2n(c1=O)[C@H](c1ccc(OCC)c(OCC)c1)C(C(=O)OC)=CN=2. The highest BCUT2D eigenvalue weighted by Gasteiger charge is 2.31. The molecule has 0 fully saturated rings. The molecule has 0 saturated heterocycles. The van der Waals surface area contributed by atoms with Gasteiger partial charge in [-0.05, 0) is 62.7 Å². The Morgan fingerprint density at radius 2 is 1.73 bits per heavy atom. The van der Waals surface area contributed by atoms with Crippen LogP contribution in [0.3, 0.4) is 0 Å². The number of nitrogens with zero attached hydrogens (tertiary/aromatic N) is 2. The maximum absolute atomic E-state index is 13.9. The van der Waals surface area contributed by atoms with Crippen molar-refractivity contribution >= 4 is 41.0 Å². The van der Waals surface area contributed by atoms with Crippen molar-refractivity contribution in [3.05, 3.63) is 84.0 Å². The van der Waals surface area contributed by atoms with Gasteiger partial charge in [-0.25, -0.2) is 14.6 Å².